The fourth-order valence-corrected chi connectivity index (χ4v) is 2.81. The van der Waals surface area contributed by atoms with E-state index in [-0.39, 0.29) is 13.0 Å². The number of benzene rings is 3. The van der Waals surface area contributed by atoms with Crippen LogP contribution < -0.4 is 10.1 Å². The zero-order valence-electron chi connectivity index (χ0n) is 16.4. The first-order chi connectivity index (χ1) is 14.6. The summed E-state index contributed by atoms with van der Waals surface area (Å²) in [4.78, 5) is 23.5. The molecule has 0 saturated carbocycles. The van der Waals surface area contributed by atoms with E-state index in [1.807, 2.05) is 60.7 Å². The molecule has 1 amide bonds. The molecule has 0 saturated heterocycles. The third-order valence-corrected chi connectivity index (χ3v) is 4.41. The molecular weight excluding hydrogens is 382 g/mol. The summed E-state index contributed by atoms with van der Waals surface area (Å²) in [7, 11) is 0. The van der Waals surface area contributed by atoms with Gasteiger partial charge in [0, 0.05) is 6.42 Å². The minimum absolute atomic E-state index is 0.0302. The van der Waals surface area contributed by atoms with E-state index in [1.165, 1.54) is 0 Å². The molecule has 0 aliphatic heterocycles. The molecule has 0 spiro atoms. The van der Waals surface area contributed by atoms with Gasteiger partial charge in [0.2, 0.25) is 0 Å². The summed E-state index contributed by atoms with van der Waals surface area (Å²) in [6, 6.07) is 25.1. The summed E-state index contributed by atoms with van der Waals surface area (Å²) >= 11 is 0. The van der Waals surface area contributed by atoms with Crippen molar-refractivity contribution in [2.75, 3.05) is 0 Å². The molecule has 30 heavy (non-hydrogen) atoms. The molecule has 0 fully saturated rings. The van der Waals surface area contributed by atoms with Crippen molar-refractivity contribution in [2.24, 2.45) is 0 Å². The zero-order valence-corrected chi connectivity index (χ0v) is 16.4. The van der Waals surface area contributed by atoms with Gasteiger partial charge in [-0.15, -0.1) is 0 Å². The average Bonchev–Trinajstić information content (AvgIpc) is 2.78. The van der Waals surface area contributed by atoms with E-state index in [2.05, 4.69) is 5.32 Å². The minimum Gasteiger partial charge on any atom is -0.489 e. The fraction of sp³-hybridized carbons (Fsp3) is 0.167. The van der Waals surface area contributed by atoms with Crippen molar-refractivity contribution in [3.8, 4) is 5.75 Å². The second kappa shape index (κ2) is 10.7. The lowest BCUT2D eigenvalue weighted by atomic mass is 10.1. The number of aliphatic carboxylic acids is 1. The van der Waals surface area contributed by atoms with Crippen LogP contribution in [0.15, 0.2) is 84.9 Å². The van der Waals surface area contributed by atoms with Crippen LogP contribution in [0, 0.1) is 0 Å². The molecule has 6 heteroatoms. The summed E-state index contributed by atoms with van der Waals surface area (Å²) in [5, 5.41) is 11.7. The van der Waals surface area contributed by atoms with Gasteiger partial charge in [-0.2, -0.15) is 0 Å². The first kappa shape index (κ1) is 20.9. The summed E-state index contributed by atoms with van der Waals surface area (Å²) in [5.41, 5.74) is 2.66. The quantitative estimate of drug-likeness (QED) is 0.558. The molecule has 2 N–H and O–H groups in total. The van der Waals surface area contributed by atoms with E-state index < -0.39 is 18.1 Å². The highest BCUT2D eigenvalue weighted by Crippen LogP contribution is 2.15. The van der Waals surface area contributed by atoms with E-state index in [9.17, 15) is 14.7 Å². The van der Waals surface area contributed by atoms with Gasteiger partial charge in [-0.25, -0.2) is 9.59 Å². The van der Waals surface area contributed by atoms with E-state index in [0.29, 0.717) is 12.4 Å². The first-order valence-corrected chi connectivity index (χ1v) is 9.56. The molecule has 0 radical (unpaired) electrons. The molecule has 0 heterocycles. The smallest absolute Gasteiger partial charge is 0.408 e. The van der Waals surface area contributed by atoms with Gasteiger partial charge < -0.3 is 19.9 Å². The first-order valence-electron chi connectivity index (χ1n) is 9.56. The lowest BCUT2D eigenvalue weighted by Crippen LogP contribution is -2.42. The van der Waals surface area contributed by atoms with Gasteiger partial charge in [-0.05, 0) is 28.8 Å². The monoisotopic (exact) mass is 405 g/mol. The minimum atomic E-state index is -1.12. The normalized spacial score (nSPS) is 11.3. The Bertz CT molecular complexity index is 942. The molecule has 3 aromatic carbocycles. The van der Waals surface area contributed by atoms with E-state index in [0.717, 1.165) is 16.7 Å². The SMILES string of the molecule is O=C(NC(Cc1ccccc1)C(=O)O)OCc1ccc(OCc2ccccc2)cc1. The van der Waals surface area contributed by atoms with Crippen LogP contribution in [0.25, 0.3) is 0 Å². The Kier molecular flexibility index (Phi) is 7.44. The van der Waals surface area contributed by atoms with Crippen LogP contribution in [0.1, 0.15) is 16.7 Å². The van der Waals surface area contributed by atoms with Crippen molar-refractivity contribution in [3.05, 3.63) is 102 Å². The third-order valence-electron chi connectivity index (χ3n) is 4.41. The largest absolute Gasteiger partial charge is 0.489 e. The Balaban J connectivity index is 1.45. The topological polar surface area (TPSA) is 84.9 Å². The van der Waals surface area contributed by atoms with Gasteiger partial charge in [0.15, 0.2) is 0 Å². The number of hydrogen-bond donors (Lipinski definition) is 2. The lowest BCUT2D eigenvalue weighted by Gasteiger charge is -2.15. The summed E-state index contributed by atoms with van der Waals surface area (Å²) < 4.78 is 10.9. The van der Waals surface area contributed by atoms with Crippen LogP contribution >= 0.6 is 0 Å². The average molecular weight is 405 g/mol. The van der Waals surface area contributed by atoms with Crippen molar-refractivity contribution in [1.82, 2.24) is 5.32 Å². The summed E-state index contributed by atoms with van der Waals surface area (Å²) in [5.74, 6) is -0.406. The predicted octanol–water partition coefficient (Wildman–Crippen LogP) is 4.19. The molecule has 0 bridgehead atoms. The van der Waals surface area contributed by atoms with Crippen LogP contribution in [0.5, 0.6) is 5.75 Å². The molecule has 6 nitrogen and oxygen atoms in total. The number of carbonyl (C=O) groups is 2. The molecule has 0 aromatic heterocycles. The van der Waals surface area contributed by atoms with Gasteiger partial charge in [-0.3, -0.25) is 0 Å². The highest BCUT2D eigenvalue weighted by molar-refractivity contribution is 5.80. The van der Waals surface area contributed by atoms with Gasteiger partial charge >= 0.3 is 12.1 Å². The highest BCUT2D eigenvalue weighted by Gasteiger charge is 2.21. The third kappa shape index (κ3) is 6.67. The Morgan fingerprint density at radius 3 is 1.93 bits per heavy atom. The molecule has 3 rings (SSSR count). The van der Waals surface area contributed by atoms with Gasteiger partial charge in [0.25, 0.3) is 0 Å². The lowest BCUT2D eigenvalue weighted by molar-refractivity contribution is -0.139. The van der Waals surface area contributed by atoms with Crippen molar-refractivity contribution in [2.45, 2.75) is 25.7 Å². The van der Waals surface area contributed by atoms with Crippen LogP contribution in [-0.2, 0) is 29.2 Å². The van der Waals surface area contributed by atoms with E-state index in [1.54, 1.807) is 24.3 Å². The molecule has 0 aliphatic rings. The second-order valence-electron chi connectivity index (χ2n) is 6.72. The number of alkyl carbamates (subject to hydrolysis) is 1. The maximum atomic E-state index is 12.0. The number of ether oxygens (including phenoxy) is 2. The molecule has 1 atom stereocenters. The molecule has 154 valence electrons. The highest BCUT2D eigenvalue weighted by atomic mass is 16.5. The Morgan fingerprint density at radius 1 is 0.767 bits per heavy atom. The molecule has 0 aliphatic carbocycles. The van der Waals surface area contributed by atoms with Crippen molar-refractivity contribution in [1.29, 1.82) is 0 Å². The summed E-state index contributed by atoms with van der Waals surface area (Å²) in [6.45, 7) is 0.500. The van der Waals surface area contributed by atoms with Gasteiger partial charge in [0.05, 0.1) is 0 Å². The molecule has 3 aromatic rings. The number of carboxylic acids is 1. The molecule has 1 unspecified atom stereocenters. The standard InChI is InChI=1S/C24H23NO5/c26-23(27)22(15-18-7-3-1-4-8-18)25-24(28)30-17-20-11-13-21(14-12-20)29-16-19-9-5-2-6-10-19/h1-14,22H,15-17H2,(H,25,28)(H,26,27). The van der Waals surface area contributed by atoms with E-state index in [4.69, 9.17) is 9.47 Å². The number of rotatable bonds is 9. The predicted molar refractivity (Wildman–Crippen MR) is 112 cm³/mol. The number of carboxylic acid groups (broad SMARTS) is 1. The number of carbonyl (C=O) groups excluding carboxylic acids is 1. The maximum absolute atomic E-state index is 12.0. The molecular formula is C24H23NO5. The van der Waals surface area contributed by atoms with Gasteiger partial charge in [-0.1, -0.05) is 72.8 Å². The van der Waals surface area contributed by atoms with Crippen LogP contribution in [0.4, 0.5) is 4.79 Å². The van der Waals surface area contributed by atoms with Gasteiger partial charge in [0.1, 0.15) is 25.0 Å². The van der Waals surface area contributed by atoms with Crippen molar-refractivity contribution >= 4 is 12.1 Å². The number of amides is 1. The number of nitrogens with one attached hydrogen (secondary N) is 1. The fourth-order valence-electron chi connectivity index (χ4n) is 2.81. The van der Waals surface area contributed by atoms with Crippen LogP contribution in [0.2, 0.25) is 0 Å². The van der Waals surface area contributed by atoms with Crippen molar-refractivity contribution < 1.29 is 24.2 Å². The Hall–Kier alpha value is -3.80. The van der Waals surface area contributed by atoms with Crippen molar-refractivity contribution in [3.63, 3.8) is 0 Å². The van der Waals surface area contributed by atoms with E-state index >= 15 is 0 Å². The van der Waals surface area contributed by atoms with Crippen LogP contribution in [0.3, 0.4) is 0 Å². The Labute approximate surface area is 175 Å². The Morgan fingerprint density at radius 2 is 1.33 bits per heavy atom. The second-order valence-corrected chi connectivity index (χ2v) is 6.72. The zero-order chi connectivity index (χ0) is 21.2. The van der Waals surface area contributed by atoms with Crippen LogP contribution in [-0.4, -0.2) is 23.2 Å². The number of hydrogen-bond acceptors (Lipinski definition) is 4. The maximum Gasteiger partial charge on any atom is 0.408 e. The summed E-state index contributed by atoms with van der Waals surface area (Å²) in [6.07, 6.45) is -0.596.